The van der Waals surface area contributed by atoms with Gasteiger partial charge in [0.15, 0.2) is 0 Å². The number of rotatable bonds is 3. The first-order valence-electron chi connectivity index (χ1n) is 7.94. The zero-order valence-corrected chi connectivity index (χ0v) is 14.3. The van der Waals surface area contributed by atoms with Crippen LogP contribution in [-0.4, -0.2) is 69.4 Å². The maximum absolute atomic E-state index is 12.2. The predicted octanol–water partition coefficient (Wildman–Crippen LogP) is 0.546. The summed E-state index contributed by atoms with van der Waals surface area (Å²) in [5, 5.41) is 5.88. The van der Waals surface area contributed by atoms with Crippen LogP contribution in [0.3, 0.4) is 0 Å². The summed E-state index contributed by atoms with van der Waals surface area (Å²) in [6.07, 6.45) is 0. The number of carbonyl (C=O) groups excluding carboxylic acids is 1. The Labute approximate surface area is 141 Å². The van der Waals surface area contributed by atoms with Crippen molar-refractivity contribution in [1.82, 2.24) is 15.1 Å². The molecule has 24 heavy (non-hydrogen) atoms. The van der Waals surface area contributed by atoms with Gasteiger partial charge in [-0.1, -0.05) is 12.1 Å². The Hall–Kier alpha value is -2.13. The summed E-state index contributed by atoms with van der Waals surface area (Å²) in [6, 6.07) is 6.69. The van der Waals surface area contributed by atoms with Crippen molar-refractivity contribution in [2.45, 2.75) is 11.8 Å². The molecule has 130 valence electrons. The van der Waals surface area contributed by atoms with Gasteiger partial charge < -0.3 is 15.5 Å². The number of sulfonamides is 1. The van der Waals surface area contributed by atoms with Crippen LogP contribution in [0.5, 0.6) is 0 Å². The first-order valence-corrected chi connectivity index (χ1v) is 9.38. The number of piperazine rings is 1. The van der Waals surface area contributed by atoms with Gasteiger partial charge >= 0.3 is 6.03 Å². The van der Waals surface area contributed by atoms with Crippen LogP contribution in [-0.2, 0) is 10.0 Å². The molecule has 8 nitrogen and oxygen atoms in total. The third-order valence-corrected chi connectivity index (χ3v) is 5.41. The van der Waals surface area contributed by atoms with E-state index >= 15 is 0 Å². The number of hydrogen-bond acceptors (Lipinski definition) is 5. The van der Waals surface area contributed by atoms with E-state index in [1.54, 1.807) is 29.2 Å². The van der Waals surface area contributed by atoms with E-state index in [0.717, 1.165) is 0 Å². The van der Waals surface area contributed by atoms with Crippen molar-refractivity contribution in [2.24, 2.45) is 4.40 Å². The van der Waals surface area contributed by atoms with E-state index < -0.39 is 10.0 Å². The molecule has 0 bridgehead atoms. The van der Waals surface area contributed by atoms with E-state index in [9.17, 15) is 13.2 Å². The Bertz CT molecular complexity index is 754. The van der Waals surface area contributed by atoms with Gasteiger partial charge in [0.1, 0.15) is 10.7 Å². The summed E-state index contributed by atoms with van der Waals surface area (Å²) in [5.41, 5.74) is 0.559. The summed E-state index contributed by atoms with van der Waals surface area (Å²) < 4.78 is 28.3. The van der Waals surface area contributed by atoms with Crippen LogP contribution >= 0.6 is 0 Å². The molecule has 2 amide bonds. The number of para-hydroxylation sites is 1. The quantitative estimate of drug-likeness (QED) is 0.829. The van der Waals surface area contributed by atoms with Crippen LogP contribution in [0.25, 0.3) is 0 Å². The van der Waals surface area contributed by atoms with Gasteiger partial charge in [0.05, 0.1) is 12.2 Å². The third kappa shape index (κ3) is 3.51. The summed E-state index contributed by atoms with van der Waals surface area (Å²) >= 11 is 0. The minimum Gasteiger partial charge on any atom is -0.341 e. The van der Waals surface area contributed by atoms with Gasteiger partial charge in [-0.25, -0.2) is 4.79 Å². The number of nitrogens with one attached hydrogen (secondary N) is 2. The second kappa shape index (κ2) is 6.78. The van der Waals surface area contributed by atoms with E-state index in [-0.39, 0.29) is 10.9 Å². The van der Waals surface area contributed by atoms with Crippen LogP contribution in [0, 0.1) is 0 Å². The van der Waals surface area contributed by atoms with E-state index in [1.807, 2.05) is 6.92 Å². The molecule has 0 unspecified atom stereocenters. The summed E-state index contributed by atoms with van der Waals surface area (Å²) in [5.74, 6) is 0.417. The molecular weight excluding hydrogens is 330 g/mol. The fourth-order valence-corrected chi connectivity index (χ4v) is 3.96. The Morgan fingerprint density at radius 2 is 1.96 bits per heavy atom. The fourth-order valence-electron chi connectivity index (χ4n) is 2.82. The van der Waals surface area contributed by atoms with Crippen molar-refractivity contribution in [1.29, 1.82) is 0 Å². The largest absolute Gasteiger partial charge is 0.341 e. The number of amidine groups is 1. The number of benzene rings is 1. The Morgan fingerprint density at radius 1 is 1.25 bits per heavy atom. The summed E-state index contributed by atoms with van der Waals surface area (Å²) in [4.78, 5) is 15.9. The smallest absolute Gasteiger partial charge is 0.317 e. The highest BCUT2D eigenvalue weighted by Crippen LogP contribution is 2.26. The van der Waals surface area contributed by atoms with E-state index in [0.29, 0.717) is 50.8 Å². The highest BCUT2D eigenvalue weighted by atomic mass is 32.2. The SMILES string of the molecule is CCNC(=O)N1CCN(CC2=NS(=O)(=O)c3ccccc3N2)CC1. The minimum atomic E-state index is -3.65. The van der Waals surface area contributed by atoms with Crippen molar-refractivity contribution >= 4 is 27.6 Å². The number of amides is 2. The molecule has 1 aromatic carbocycles. The maximum atomic E-state index is 12.2. The van der Waals surface area contributed by atoms with Crippen LogP contribution in [0.2, 0.25) is 0 Å². The second-order valence-corrected chi connectivity index (χ2v) is 7.31. The zero-order chi connectivity index (χ0) is 17.2. The minimum absolute atomic E-state index is 0.0539. The average molecular weight is 351 g/mol. The molecule has 9 heteroatoms. The number of hydrogen-bond donors (Lipinski definition) is 2. The van der Waals surface area contributed by atoms with Crippen LogP contribution in [0.15, 0.2) is 33.6 Å². The van der Waals surface area contributed by atoms with Crippen LogP contribution in [0.1, 0.15) is 6.92 Å². The topological polar surface area (TPSA) is 94.1 Å². The lowest BCUT2D eigenvalue weighted by Gasteiger charge is -2.35. The van der Waals surface area contributed by atoms with Crippen molar-refractivity contribution < 1.29 is 13.2 Å². The average Bonchev–Trinajstić information content (AvgIpc) is 2.55. The van der Waals surface area contributed by atoms with Crippen molar-refractivity contribution in [2.75, 3.05) is 44.6 Å². The molecule has 0 atom stereocenters. The van der Waals surface area contributed by atoms with Crippen molar-refractivity contribution in [3.05, 3.63) is 24.3 Å². The number of carbonyl (C=O) groups is 1. The van der Waals surface area contributed by atoms with E-state index in [1.165, 1.54) is 0 Å². The third-order valence-electron chi connectivity index (χ3n) is 4.04. The lowest BCUT2D eigenvalue weighted by atomic mass is 10.3. The summed E-state index contributed by atoms with van der Waals surface area (Å²) in [6.45, 7) is 5.50. The highest BCUT2D eigenvalue weighted by Gasteiger charge is 2.27. The predicted molar refractivity (Wildman–Crippen MR) is 91.8 cm³/mol. The molecule has 2 aliphatic heterocycles. The molecule has 0 aliphatic carbocycles. The maximum Gasteiger partial charge on any atom is 0.317 e. The molecular formula is C15H21N5O3S. The van der Waals surface area contributed by atoms with Gasteiger partial charge in [0.2, 0.25) is 0 Å². The summed E-state index contributed by atoms with van der Waals surface area (Å²) in [7, 11) is -3.65. The first kappa shape index (κ1) is 16.7. The van der Waals surface area contributed by atoms with Crippen LogP contribution < -0.4 is 10.6 Å². The Balaban J connectivity index is 1.62. The number of fused-ring (bicyclic) bond motifs is 1. The second-order valence-electron chi connectivity index (χ2n) is 5.73. The molecule has 2 N–H and O–H groups in total. The molecule has 1 aromatic rings. The highest BCUT2D eigenvalue weighted by molar-refractivity contribution is 7.90. The lowest BCUT2D eigenvalue weighted by molar-refractivity contribution is 0.149. The molecule has 0 aromatic heterocycles. The molecule has 1 fully saturated rings. The first-order chi connectivity index (χ1) is 11.5. The van der Waals surface area contributed by atoms with E-state index in [2.05, 4.69) is 19.9 Å². The Morgan fingerprint density at radius 3 is 2.67 bits per heavy atom. The molecule has 1 saturated heterocycles. The van der Waals surface area contributed by atoms with E-state index in [4.69, 9.17) is 0 Å². The monoisotopic (exact) mass is 351 g/mol. The molecule has 3 rings (SSSR count). The van der Waals surface area contributed by atoms with Gasteiger partial charge in [-0.05, 0) is 19.1 Å². The van der Waals surface area contributed by atoms with Crippen LogP contribution in [0.4, 0.5) is 10.5 Å². The lowest BCUT2D eigenvalue weighted by Crippen LogP contribution is -2.53. The van der Waals surface area contributed by atoms with Crippen molar-refractivity contribution in [3.63, 3.8) is 0 Å². The molecule has 2 aliphatic rings. The zero-order valence-electron chi connectivity index (χ0n) is 13.5. The van der Waals surface area contributed by atoms with Gasteiger partial charge in [-0.15, -0.1) is 4.40 Å². The molecule has 2 heterocycles. The number of nitrogens with zero attached hydrogens (tertiary/aromatic N) is 3. The molecule has 0 spiro atoms. The van der Waals surface area contributed by atoms with Gasteiger partial charge in [-0.2, -0.15) is 8.42 Å². The molecule has 0 radical (unpaired) electrons. The van der Waals surface area contributed by atoms with Gasteiger partial charge in [-0.3, -0.25) is 4.90 Å². The van der Waals surface area contributed by atoms with Crippen molar-refractivity contribution in [3.8, 4) is 0 Å². The number of anilines is 1. The standard InChI is InChI=1S/C15H21N5O3S/c1-2-16-15(21)20-9-7-19(8-10-20)11-14-17-12-5-3-4-6-13(12)24(22,23)18-14/h3-6H,2,7-11H2,1H3,(H,16,21)(H,17,18). The number of urea groups is 1. The Kier molecular flexibility index (Phi) is 4.72. The van der Waals surface area contributed by atoms with Gasteiger partial charge in [0, 0.05) is 32.7 Å². The van der Waals surface area contributed by atoms with Gasteiger partial charge in [0.25, 0.3) is 10.0 Å². The fraction of sp³-hybridized carbons (Fsp3) is 0.467. The normalized spacial score (nSPS) is 19.9. The molecule has 0 saturated carbocycles.